The number of aromatic amines is 1. The van der Waals surface area contributed by atoms with Crippen LogP contribution in [0.25, 0.3) is 21.3 Å². The highest BCUT2D eigenvalue weighted by Crippen LogP contribution is 2.19. The average molecular weight is 229 g/mol. The Kier molecular flexibility index (Phi) is 2.98. The van der Waals surface area contributed by atoms with Gasteiger partial charge in [-0.2, -0.15) is 0 Å². The lowest BCUT2D eigenvalue weighted by Gasteiger charge is -2.10. The van der Waals surface area contributed by atoms with Gasteiger partial charge in [-0.3, -0.25) is 0 Å². The average Bonchev–Trinajstić information content (AvgIpc) is 2.72. The predicted molar refractivity (Wildman–Crippen MR) is 59.9 cm³/mol. The van der Waals surface area contributed by atoms with Crippen LogP contribution in [0.15, 0.2) is 35.6 Å². The lowest BCUT2D eigenvalue weighted by atomic mass is 10.1. The molecular formula is C11H9N4O2-. The molecule has 1 aromatic heterocycles. The highest BCUT2D eigenvalue weighted by Gasteiger charge is 2.11. The summed E-state index contributed by atoms with van der Waals surface area (Å²) in [5, 5.41) is 14.9. The lowest BCUT2D eigenvalue weighted by Crippen LogP contribution is -2.35. The zero-order chi connectivity index (χ0) is 12.3. The van der Waals surface area contributed by atoms with Crippen LogP contribution in [0, 0.1) is 0 Å². The summed E-state index contributed by atoms with van der Waals surface area (Å²) >= 11 is 0. The van der Waals surface area contributed by atoms with Crippen molar-refractivity contribution in [3.8, 4) is 0 Å². The molecule has 0 spiro atoms. The van der Waals surface area contributed by atoms with Gasteiger partial charge in [-0.15, -0.1) is 0 Å². The summed E-state index contributed by atoms with van der Waals surface area (Å²) in [5.74, 6) is -1.37. The molecule has 0 saturated heterocycles. The van der Waals surface area contributed by atoms with Crippen LogP contribution in [0.5, 0.6) is 0 Å². The molecule has 0 radical (unpaired) electrons. The van der Waals surface area contributed by atoms with Crippen molar-refractivity contribution in [2.75, 3.05) is 0 Å². The van der Waals surface area contributed by atoms with Crippen molar-refractivity contribution in [2.45, 2.75) is 12.5 Å². The van der Waals surface area contributed by atoms with E-state index in [1.165, 1.54) is 0 Å². The number of carboxylic acids is 1. The maximum Gasteiger partial charge on any atom is 0.0812 e. The van der Waals surface area contributed by atoms with Crippen LogP contribution >= 0.6 is 0 Å². The molecule has 17 heavy (non-hydrogen) atoms. The first-order chi connectivity index (χ1) is 8.22. The first-order valence-corrected chi connectivity index (χ1v) is 5.02. The molecule has 6 heteroatoms. The Bertz CT molecular complexity index is 596. The third-order valence-corrected chi connectivity index (χ3v) is 2.55. The fraction of sp³-hybridized carbons (Fsp3) is 0.182. The molecule has 0 aliphatic carbocycles. The summed E-state index contributed by atoms with van der Waals surface area (Å²) in [5.41, 5.74) is 10.00. The second kappa shape index (κ2) is 4.59. The molecule has 86 valence electrons. The SMILES string of the molecule is [N-]=[N+]=NC(Cc1c[nH]c2ccccc12)C(=O)[O-]. The quantitative estimate of drug-likeness (QED) is 0.482. The topological polar surface area (TPSA) is 105 Å². The lowest BCUT2D eigenvalue weighted by molar-refractivity contribution is -0.307. The molecule has 2 rings (SSSR count). The number of aromatic nitrogens is 1. The number of carbonyl (C=O) groups is 1. The van der Waals surface area contributed by atoms with Crippen LogP contribution in [0.4, 0.5) is 0 Å². The molecule has 1 unspecified atom stereocenters. The number of azide groups is 1. The summed E-state index contributed by atoms with van der Waals surface area (Å²) in [6.45, 7) is 0. The Balaban J connectivity index is 2.34. The highest BCUT2D eigenvalue weighted by molar-refractivity contribution is 5.84. The minimum Gasteiger partial charge on any atom is -0.550 e. The van der Waals surface area contributed by atoms with E-state index in [1.807, 2.05) is 24.3 Å². The predicted octanol–water partition coefficient (Wildman–Crippen LogP) is 1.14. The molecule has 0 amide bonds. The molecule has 0 bridgehead atoms. The van der Waals surface area contributed by atoms with Crippen LogP contribution in [-0.4, -0.2) is 17.0 Å². The van der Waals surface area contributed by atoms with Gasteiger partial charge in [0.15, 0.2) is 0 Å². The maximum absolute atomic E-state index is 10.8. The molecular weight excluding hydrogens is 220 g/mol. The fourth-order valence-corrected chi connectivity index (χ4v) is 1.74. The van der Waals surface area contributed by atoms with Gasteiger partial charge in [-0.05, 0) is 23.6 Å². The van der Waals surface area contributed by atoms with E-state index >= 15 is 0 Å². The van der Waals surface area contributed by atoms with Gasteiger partial charge in [-0.25, -0.2) is 0 Å². The van der Waals surface area contributed by atoms with Gasteiger partial charge in [0, 0.05) is 22.0 Å². The molecule has 1 aromatic carbocycles. The minimum absolute atomic E-state index is 0.121. The number of nitrogens with one attached hydrogen (secondary N) is 1. The van der Waals surface area contributed by atoms with Gasteiger partial charge in [0.2, 0.25) is 0 Å². The summed E-state index contributed by atoms with van der Waals surface area (Å²) in [4.78, 5) is 16.3. The summed E-state index contributed by atoms with van der Waals surface area (Å²) in [6.07, 6.45) is 1.84. The highest BCUT2D eigenvalue weighted by atomic mass is 16.4. The van der Waals surface area contributed by atoms with Crippen LogP contribution in [0.1, 0.15) is 5.56 Å². The Hall–Kier alpha value is -2.46. The van der Waals surface area contributed by atoms with Crippen LogP contribution in [-0.2, 0) is 11.2 Å². The minimum atomic E-state index is -1.37. The maximum atomic E-state index is 10.8. The van der Waals surface area contributed by atoms with Gasteiger partial charge in [-0.1, -0.05) is 23.3 Å². The first-order valence-electron chi connectivity index (χ1n) is 5.02. The summed E-state index contributed by atoms with van der Waals surface area (Å²) < 4.78 is 0. The number of rotatable bonds is 4. The van der Waals surface area contributed by atoms with Crippen molar-refractivity contribution >= 4 is 16.9 Å². The molecule has 0 saturated carbocycles. The summed E-state index contributed by atoms with van der Waals surface area (Å²) in [7, 11) is 0. The van der Waals surface area contributed by atoms with Gasteiger partial charge in [0.1, 0.15) is 0 Å². The molecule has 1 atom stereocenters. The number of fused-ring (bicyclic) bond motifs is 1. The number of carbonyl (C=O) groups excluding carboxylic acids is 1. The van der Waals surface area contributed by atoms with E-state index in [4.69, 9.17) is 5.53 Å². The van der Waals surface area contributed by atoms with E-state index in [-0.39, 0.29) is 6.42 Å². The van der Waals surface area contributed by atoms with Crippen molar-refractivity contribution in [2.24, 2.45) is 5.11 Å². The molecule has 6 nitrogen and oxygen atoms in total. The Morgan fingerprint density at radius 3 is 3.00 bits per heavy atom. The second-order valence-corrected chi connectivity index (χ2v) is 3.60. The number of carboxylic acid groups (broad SMARTS) is 1. The van der Waals surface area contributed by atoms with Crippen molar-refractivity contribution in [3.63, 3.8) is 0 Å². The molecule has 0 fully saturated rings. The standard InChI is InChI=1S/C11H10N4O2/c12-15-14-10(11(16)17)5-7-6-13-9-4-2-1-3-8(7)9/h1-4,6,10,13H,5H2,(H,16,17)/p-1. The number of hydrogen-bond donors (Lipinski definition) is 1. The van der Waals surface area contributed by atoms with E-state index < -0.39 is 12.0 Å². The van der Waals surface area contributed by atoms with Crippen LogP contribution < -0.4 is 5.11 Å². The van der Waals surface area contributed by atoms with E-state index in [2.05, 4.69) is 15.0 Å². The zero-order valence-corrected chi connectivity index (χ0v) is 8.83. The number of benzene rings is 1. The van der Waals surface area contributed by atoms with E-state index in [1.54, 1.807) is 6.20 Å². The number of para-hydroxylation sites is 1. The molecule has 1 N–H and O–H groups in total. The number of hydrogen-bond acceptors (Lipinski definition) is 3. The van der Waals surface area contributed by atoms with Gasteiger partial charge < -0.3 is 14.9 Å². The summed E-state index contributed by atoms with van der Waals surface area (Å²) in [6, 6.07) is 6.33. The Morgan fingerprint density at radius 1 is 1.53 bits per heavy atom. The van der Waals surface area contributed by atoms with Crippen molar-refractivity contribution in [1.82, 2.24) is 4.98 Å². The van der Waals surface area contributed by atoms with Gasteiger partial charge >= 0.3 is 0 Å². The van der Waals surface area contributed by atoms with Crippen LogP contribution in [0.2, 0.25) is 0 Å². The third-order valence-electron chi connectivity index (χ3n) is 2.55. The van der Waals surface area contributed by atoms with E-state index in [0.717, 1.165) is 16.5 Å². The second-order valence-electron chi connectivity index (χ2n) is 3.60. The molecule has 0 aliphatic heterocycles. The largest absolute Gasteiger partial charge is 0.550 e. The van der Waals surface area contributed by atoms with Gasteiger partial charge in [0.05, 0.1) is 12.0 Å². The molecule has 0 aliphatic rings. The smallest absolute Gasteiger partial charge is 0.0812 e. The van der Waals surface area contributed by atoms with Gasteiger partial charge in [0.25, 0.3) is 0 Å². The zero-order valence-electron chi connectivity index (χ0n) is 8.83. The van der Waals surface area contributed by atoms with E-state index in [0.29, 0.717) is 0 Å². The Labute approximate surface area is 96.5 Å². The monoisotopic (exact) mass is 229 g/mol. The van der Waals surface area contributed by atoms with Crippen molar-refractivity contribution in [1.29, 1.82) is 0 Å². The molecule has 2 aromatic rings. The van der Waals surface area contributed by atoms with Crippen LogP contribution in [0.3, 0.4) is 0 Å². The molecule has 1 heterocycles. The fourth-order valence-electron chi connectivity index (χ4n) is 1.74. The Morgan fingerprint density at radius 2 is 2.29 bits per heavy atom. The van der Waals surface area contributed by atoms with Crippen molar-refractivity contribution < 1.29 is 9.90 Å². The third kappa shape index (κ3) is 2.21. The first kappa shape index (κ1) is 11.0. The number of aliphatic carboxylic acids is 1. The van der Waals surface area contributed by atoms with E-state index in [9.17, 15) is 9.90 Å². The number of H-pyrrole nitrogens is 1. The normalized spacial score (nSPS) is 12.0. The van der Waals surface area contributed by atoms with Crippen molar-refractivity contribution in [3.05, 3.63) is 46.5 Å². The number of nitrogens with zero attached hydrogens (tertiary/aromatic N) is 3.